The van der Waals surface area contributed by atoms with E-state index in [9.17, 15) is 9.59 Å². The van der Waals surface area contributed by atoms with Gasteiger partial charge in [0, 0.05) is 16.8 Å². The number of nitrogens with one attached hydrogen (secondary N) is 1. The molecule has 0 aromatic heterocycles. The zero-order valence-electron chi connectivity index (χ0n) is 10.4. The highest BCUT2D eigenvalue weighted by Crippen LogP contribution is 2.12. The number of rotatable bonds is 5. The molecule has 0 aliphatic rings. The molecule has 0 saturated heterocycles. The number of carbonyl (C=O) groups is 2. The molecule has 1 atom stereocenters. The van der Waals surface area contributed by atoms with Gasteiger partial charge in [-0.3, -0.25) is 9.59 Å². The summed E-state index contributed by atoms with van der Waals surface area (Å²) in [4.78, 5) is 22.9. The van der Waals surface area contributed by atoms with Gasteiger partial charge < -0.3 is 11.1 Å². The fourth-order valence-corrected chi connectivity index (χ4v) is 1.68. The zero-order chi connectivity index (χ0) is 13.7. The van der Waals surface area contributed by atoms with Crippen LogP contribution in [0.15, 0.2) is 28.7 Å². The Morgan fingerprint density at radius 1 is 1.28 bits per heavy atom. The van der Waals surface area contributed by atoms with Crippen LogP contribution in [0.25, 0.3) is 0 Å². The van der Waals surface area contributed by atoms with Crippen molar-refractivity contribution in [2.75, 3.05) is 0 Å². The third-order valence-electron chi connectivity index (χ3n) is 2.54. The first-order valence-electron chi connectivity index (χ1n) is 5.74. The van der Waals surface area contributed by atoms with Gasteiger partial charge in [-0.1, -0.05) is 41.9 Å². The topological polar surface area (TPSA) is 72.2 Å². The molecule has 1 rings (SSSR count). The monoisotopic (exact) mass is 312 g/mol. The largest absolute Gasteiger partial charge is 0.368 e. The Morgan fingerprint density at radius 3 is 2.28 bits per heavy atom. The molecule has 4 nitrogen and oxygen atoms in total. The molecule has 0 aliphatic heterocycles. The molecule has 0 aliphatic carbocycles. The van der Waals surface area contributed by atoms with Crippen molar-refractivity contribution in [2.24, 2.45) is 11.7 Å². The van der Waals surface area contributed by atoms with Gasteiger partial charge in [0.1, 0.15) is 6.04 Å². The molecule has 0 bridgehead atoms. The van der Waals surface area contributed by atoms with Gasteiger partial charge in [-0.2, -0.15) is 0 Å². The second-order valence-electron chi connectivity index (χ2n) is 4.45. The SMILES string of the molecule is CC(C)C(=O)N[C@H](Cc1ccc(Br)cc1)C(N)=O. The maximum Gasteiger partial charge on any atom is 0.240 e. The van der Waals surface area contributed by atoms with Crippen LogP contribution < -0.4 is 11.1 Å². The molecule has 1 aromatic carbocycles. The van der Waals surface area contributed by atoms with Crippen LogP contribution in [0.3, 0.4) is 0 Å². The second kappa shape index (κ2) is 6.54. The Morgan fingerprint density at radius 2 is 1.83 bits per heavy atom. The fourth-order valence-electron chi connectivity index (χ4n) is 1.42. The van der Waals surface area contributed by atoms with Crippen molar-refractivity contribution in [1.29, 1.82) is 0 Å². The molecule has 0 fully saturated rings. The minimum absolute atomic E-state index is 0.170. The van der Waals surface area contributed by atoms with Crippen molar-refractivity contribution >= 4 is 27.7 Å². The van der Waals surface area contributed by atoms with Crippen molar-refractivity contribution in [3.8, 4) is 0 Å². The van der Waals surface area contributed by atoms with Gasteiger partial charge in [-0.05, 0) is 17.7 Å². The highest BCUT2D eigenvalue weighted by molar-refractivity contribution is 9.10. The summed E-state index contributed by atoms with van der Waals surface area (Å²) in [5.41, 5.74) is 6.25. The number of hydrogen-bond acceptors (Lipinski definition) is 2. The number of nitrogens with two attached hydrogens (primary N) is 1. The Kier molecular flexibility index (Phi) is 5.34. The molecule has 2 amide bonds. The van der Waals surface area contributed by atoms with E-state index in [0.29, 0.717) is 6.42 Å². The third-order valence-corrected chi connectivity index (χ3v) is 3.07. The van der Waals surface area contributed by atoms with Crippen LogP contribution in [0.4, 0.5) is 0 Å². The van der Waals surface area contributed by atoms with Crippen molar-refractivity contribution in [3.05, 3.63) is 34.3 Å². The highest BCUT2D eigenvalue weighted by atomic mass is 79.9. The first-order chi connectivity index (χ1) is 8.40. The smallest absolute Gasteiger partial charge is 0.240 e. The van der Waals surface area contributed by atoms with E-state index in [0.717, 1.165) is 10.0 Å². The minimum atomic E-state index is -0.666. The standard InChI is InChI=1S/C13H17BrN2O2/c1-8(2)13(18)16-11(12(15)17)7-9-3-5-10(14)6-4-9/h3-6,8,11H,7H2,1-2H3,(H2,15,17)(H,16,18)/t11-/m1/s1. The molecule has 0 radical (unpaired) electrons. The van der Waals surface area contributed by atoms with E-state index in [1.165, 1.54) is 0 Å². The van der Waals surface area contributed by atoms with Crippen LogP contribution in [-0.2, 0) is 16.0 Å². The van der Waals surface area contributed by atoms with E-state index in [-0.39, 0.29) is 11.8 Å². The van der Waals surface area contributed by atoms with Crippen molar-refractivity contribution in [1.82, 2.24) is 5.32 Å². The maximum atomic E-state index is 11.6. The molecule has 0 saturated carbocycles. The van der Waals surface area contributed by atoms with Crippen LogP contribution >= 0.6 is 15.9 Å². The second-order valence-corrected chi connectivity index (χ2v) is 5.36. The summed E-state index contributed by atoms with van der Waals surface area (Å²) in [7, 11) is 0. The van der Waals surface area contributed by atoms with E-state index in [4.69, 9.17) is 5.73 Å². The van der Waals surface area contributed by atoms with E-state index < -0.39 is 11.9 Å². The van der Waals surface area contributed by atoms with Crippen LogP contribution in [-0.4, -0.2) is 17.9 Å². The lowest BCUT2D eigenvalue weighted by Crippen LogP contribution is -2.47. The lowest BCUT2D eigenvalue weighted by molar-refractivity contribution is -0.129. The van der Waals surface area contributed by atoms with Gasteiger partial charge in [-0.15, -0.1) is 0 Å². The van der Waals surface area contributed by atoms with Crippen molar-refractivity contribution < 1.29 is 9.59 Å². The average Bonchev–Trinajstić information content (AvgIpc) is 2.30. The minimum Gasteiger partial charge on any atom is -0.368 e. The predicted molar refractivity (Wildman–Crippen MR) is 73.8 cm³/mol. The first-order valence-corrected chi connectivity index (χ1v) is 6.53. The number of benzene rings is 1. The number of halogens is 1. The number of primary amides is 1. The van der Waals surface area contributed by atoms with E-state index in [2.05, 4.69) is 21.2 Å². The molecule has 0 heterocycles. The average molecular weight is 313 g/mol. The van der Waals surface area contributed by atoms with E-state index in [1.54, 1.807) is 13.8 Å². The van der Waals surface area contributed by atoms with Crippen molar-refractivity contribution in [3.63, 3.8) is 0 Å². The van der Waals surface area contributed by atoms with Crippen LogP contribution in [0.1, 0.15) is 19.4 Å². The third kappa shape index (κ3) is 4.49. The van der Waals surface area contributed by atoms with Gasteiger partial charge in [-0.25, -0.2) is 0 Å². The molecule has 5 heteroatoms. The van der Waals surface area contributed by atoms with Crippen molar-refractivity contribution in [2.45, 2.75) is 26.3 Å². The van der Waals surface area contributed by atoms with E-state index in [1.807, 2.05) is 24.3 Å². The normalized spacial score (nSPS) is 12.2. The molecule has 0 unspecified atom stereocenters. The Hall–Kier alpha value is -1.36. The molecule has 18 heavy (non-hydrogen) atoms. The summed E-state index contributed by atoms with van der Waals surface area (Å²) in [5, 5.41) is 2.65. The summed E-state index contributed by atoms with van der Waals surface area (Å²) < 4.78 is 0.966. The molecule has 3 N–H and O–H groups in total. The Bertz CT molecular complexity index is 429. The summed E-state index contributed by atoms with van der Waals surface area (Å²) in [6, 6.07) is 6.89. The molecule has 0 spiro atoms. The van der Waals surface area contributed by atoms with Gasteiger partial charge in [0.25, 0.3) is 0 Å². The maximum absolute atomic E-state index is 11.6. The number of hydrogen-bond donors (Lipinski definition) is 2. The Balaban J connectivity index is 2.72. The highest BCUT2D eigenvalue weighted by Gasteiger charge is 2.19. The molecule has 1 aromatic rings. The molecular weight excluding hydrogens is 296 g/mol. The first kappa shape index (κ1) is 14.7. The Labute approximate surface area is 115 Å². The summed E-state index contributed by atoms with van der Waals surface area (Å²) >= 11 is 3.34. The van der Waals surface area contributed by atoms with Gasteiger partial charge in [0.2, 0.25) is 11.8 Å². The van der Waals surface area contributed by atoms with Crippen LogP contribution in [0.5, 0.6) is 0 Å². The predicted octanol–water partition coefficient (Wildman–Crippen LogP) is 1.62. The number of amides is 2. The number of carbonyl (C=O) groups excluding carboxylic acids is 2. The summed E-state index contributed by atoms with van der Waals surface area (Å²) in [5.74, 6) is -0.861. The zero-order valence-corrected chi connectivity index (χ0v) is 12.0. The molecular formula is C13H17BrN2O2. The quantitative estimate of drug-likeness (QED) is 0.867. The van der Waals surface area contributed by atoms with Gasteiger partial charge >= 0.3 is 0 Å². The van der Waals surface area contributed by atoms with Crippen LogP contribution in [0, 0.1) is 5.92 Å². The summed E-state index contributed by atoms with van der Waals surface area (Å²) in [6.07, 6.45) is 0.404. The van der Waals surface area contributed by atoms with Crippen LogP contribution in [0.2, 0.25) is 0 Å². The lowest BCUT2D eigenvalue weighted by atomic mass is 10.0. The van der Waals surface area contributed by atoms with Gasteiger partial charge in [0.05, 0.1) is 0 Å². The molecule has 98 valence electrons. The van der Waals surface area contributed by atoms with E-state index >= 15 is 0 Å². The fraction of sp³-hybridized carbons (Fsp3) is 0.385. The summed E-state index contributed by atoms with van der Waals surface area (Å²) in [6.45, 7) is 3.54. The lowest BCUT2D eigenvalue weighted by Gasteiger charge is -2.17. The van der Waals surface area contributed by atoms with Gasteiger partial charge in [0.15, 0.2) is 0 Å².